The van der Waals surface area contributed by atoms with Crippen molar-refractivity contribution in [1.29, 1.82) is 0 Å². The summed E-state index contributed by atoms with van der Waals surface area (Å²) in [7, 11) is 1.33. The van der Waals surface area contributed by atoms with Crippen LogP contribution in [0.1, 0.15) is 13.8 Å². The van der Waals surface area contributed by atoms with Crippen molar-refractivity contribution in [2.75, 3.05) is 13.7 Å². The van der Waals surface area contributed by atoms with Crippen LogP contribution in [0, 0.1) is 5.92 Å². The van der Waals surface area contributed by atoms with E-state index in [-0.39, 0.29) is 11.7 Å². The Morgan fingerprint density at radius 3 is 2.85 bits per heavy atom. The summed E-state index contributed by atoms with van der Waals surface area (Å²) in [6.45, 7) is 3.93. The van der Waals surface area contributed by atoms with E-state index in [0.717, 1.165) is 0 Å². The van der Waals surface area contributed by atoms with E-state index in [0.29, 0.717) is 12.2 Å². The van der Waals surface area contributed by atoms with Crippen LogP contribution in [-0.4, -0.2) is 30.4 Å². The van der Waals surface area contributed by atoms with Gasteiger partial charge in [-0.25, -0.2) is 4.79 Å². The van der Waals surface area contributed by atoms with Gasteiger partial charge in [0.2, 0.25) is 0 Å². The standard InChI is InChI=1S/C9H13NO3/c1-6-5-10(9(12)13-3)7(2)4-8(6)11/h4,6H,5H2,1-3H3. The summed E-state index contributed by atoms with van der Waals surface area (Å²) in [5, 5.41) is 0. The molecular weight excluding hydrogens is 170 g/mol. The molecule has 0 bridgehead atoms. The molecule has 0 saturated carbocycles. The number of allylic oxidation sites excluding steroid dienone is 2. The van der Waals surface area contributed by atoms with E-state index >= 15 is 0 Å². The minimum atomic E-state index is -0.409. The van der Waals surface area contributed by atoms with Crippen LogP contribution in [-0.2, 0) is 9.53 Å². The summed E-state index contributed by atoms with van der Waals surface area (Å²) >= 11 is 0. The molecular formula is C9H13NO3. The molecule has 0 spiro atoms. The minimum absolute atomic E-state index is 0.0673. The second-order valence-electron chi connectivity index (χ2n) is 3.17. The molecule has 1 rings (SSSR count). The number of ketones is 1. The largest absolute Gasteiger partial charge is 0.452 e. The highest BCUT2D eigenvalue weighted by atomic mass is 16.5. The maximum atomic E-state index is 11.2. The molecule has 1 unspecified atom stereocenters. The molecule has 4 nitrogen and oxygen atoms in total. The smallest absolute Gasteiger partial charge is 0.413 e. The summed E-state index contributed by atoms with van der Waals surface area (Å²) in [5.41, 5.74) is 0.648. The zero-order valence-electron chi connectivity index (χ0n) is 8.03. The van der Waals surface area contributed by atoms with Gasteiger partial charge in [-0.15, -0.1) is 0 Å². The van der Waals surface area contributed by atoms with Crippen molar-refractivity contribution in [1.82, 2.24) is 4.90 Å². The van der Waals surface area contributed by atoms with E-state index in [1.54, 1.807) is 13.8 Å². The van der Waals surface area contributed by atoms with Crippen molar-refractivity contribution in [3.63, 3.8) is 0 Å². The molecule has 0 aromatic carbocycles. The number of nitrogens with zero attached hydrogens (tertiary/aromatic N) is 1. The van der Waals surface area contributed by atoms with Crippen molar-refractivity contribution in [3.8, 4) is 0 Å². The van der Waals surface area contributed by atoms with E-state index in [2.05, 4.69) is 4.74 Å². The molecule has 1 atom stereocenters. The van der Waals surface area contributed by atoms with Crippen LogP contribution in [0.2, 0.25) is 0 Å². The van der Waals surface area contributed by atoms with E-state index < -0.39 is 6.09 Å². The van der Waals surface area contributed by atoms with Crippen molar-refractivity contribution in [2.45, 2.75) is 13.8 Å². The summed E-state index contributed by atoms with van der Waals surface area (Å²) in [5.74, 6) is -0.0690. The van der Waals surface area contributed by atoms with Gasteiger partial charge in [0, 0.05) is 24.2 Å². The third kappa shape index (κ3) is 1.88. The molecule has 1 aliphatic rings. The molecule has 0 saturated heterocycles. The summed E-state index contributed by atoms with van der Waals surface area (Å²) in [4.78, 5) is 23.9. The Balaban J connectivity index is 2.84. The van der Waals surface area contributed by atoms with E-state index in [1.807, 2.05) is 0 Å². The molecule has 0 aliphatic carbocycles. The fourth-order valence-electron chi connectivity index (χ4n) is 1.26. The SMILES string of the molecule is COC(=O)N1CC(C)C(=O)C=C1C. The lowest BCUT2D eigenvalue weighted by molar-refractivity contribution is -0.118. The number of carbonyl (C=O) groups excluding carboxylic acids is 2. The van der Waals surface area contributed by atoms with Crippen molar-refractivity contribution >= 4 is 11.9 Å². The van der Waals surface area contributed by atoms with E-state index in [9.17, 15) is 9.59 Å². The van der Waals surface area contributed by atoms with Gasteiger partial charge >= 0.3 is 6.09 Å². The fourth-order valence-corrected chi connectivity index (χ4v) is 1.26. The Labute approximate surface area is 77.2 Å². The molecule has 1 amide bonds. The molecule has 0 N–H and O–H groups in total. The van der Waals surface area contributed by atoms with Crippen LogP contribution in [0.15, 0.2) is 11.8 Å². The molecule has 4 heteroatoms. The summed E-state index contributed by atoms with van der Waals surface area (Å²) in [6.07, 6.45) is 1.07. The van der Waals surface area contributed by atoms with E-state index in [4.69, 9.17) is 0 Å². The lowest BCUT2D eigenvalue weighted by atomic mass is 10.0. The summed E-state index contributed by atoms with van der Waals surface area (Å²) in [6, 6.07) is 0. The summed E-state index contributed by atoms with van der Waals surface area (Å²) < 4.78 is 4.58. The average Bonchev–Trinajstić information content (AvgIpc) is 2.10. The molecule has 1 aliphatic heterocycles. The van der Waals surface area contributed by atoms with Crippen LogP contribution < -0.4 is 0 Å². The maximum absolute atomic E-state index is 11.2. The zero-order chi connectivity index (χ0) is 10.0. The molecule has 0 radical (unpaired) electrons. The number of rotatable bonds is 0. The van der Waals surface area contributed by atoms with Crippen LogP contribution in [0.3, 0.4) is 0 Å². The topological polar surface area (TPSA) is 46.6 Å². The van der Waals surface area contributed by atoms with Gasteiger partial charge in [-0.3, -0.25) is 9.69 Å². The van der Waals surface area contributed by atoms with Crippen LogP contribution in [0.4, 0.5) is 4.79 Å². The minimum Gasteiger partial charge on any atom is -0.452 e. The molecule has 1 heterocycles. The van der Waals surface area contributed by atoms with Gasteiger partial charge in [0.15, 0.2) is 5.78 Å². The Morgan fingerprint density at radius 1 is 1.69 bits per heavy atom. The quantitative estimate of drug-likeness (QED) is 0.566. The second kappa shape index (κ2) is 3.60. The van der Waals surface area contributed by atoms with Gasteiger partial charge in [0.1, 0.15) is 0 Å². The highest BCUT2D eigenvalue weighted by Crippen LogP contribution is 2.16. The maximum Gasteiger partial charge on any atom is 0.413 e. The van der Waals surface area contributed by atoms with Crippen LogP contribution in [0.25, 0.3) is 0 Å². The number of methoxy groups -OCH3 is 1. The fraction of sp³-hybridized carbons (Fsp3) is 0.556. The normalized spacial score (nSPS) is 22.7. The predicted octanol–water partition coefficient (Wildman–Crippen LogP) is 1.18. The van der Waals surface area contributed by atoms with Crippen molar-refractivity contribution < 1.29 is 14.3 Å². The lowest BCUT2D eigenvalue weighted by Gasteiger charge is -2.27. The molecule has 0 aromatic heterocycles. The lowest BCUT2D eigenvalue weighted by Crippen LogP contribution is -2.39. The third-order valence-corrected chi connectivity index (χ3v) is 2.11. The first-order valence-electron chi connectivity index (χ1n) is 4.14. The Bertz CT molecular complexity index is 270. The molecule has 0 aromatic rings. The first-order valence-corrected chi connectivity index (χ1v) is 4.14. The van der Waals surface area contributed by atoms with Crippen LogP contribution >= 0.6 is 0 Å². The number of hydrogen-bond donors (Lipinski definition) is 0. The Morgan fingerprint density at radius 2 is 2.31 bits per heavy atom. The number of amides is 1. The van der Waals surface area contributed by atoms with Gasteiger partial charge in [-0.2, -0.15) is 0 Å². The average molecular weight is 183 g/mol. The van der Waals surface area contributed by atoms with Crippen LogP contribution in [0.5, 0.6) is 0 Å². The highest BCUT2D eigenvalue weighted by Gasteiger charge is 2.26. The Hall–Kier alpha value is -1.32. The third-order valence-electron chi connectivity index (χ3n) is 2.11. The Kier molecular flexibility index (Phi) is 2.70. The predicted molar refractivity (Wildman–Crippen MR) is 47.0 cm³/mol. The van der Waals surface area contributed by atoms with Gasteiger partial charge in [-0.05, 0) is 6.92 Å². The number of carbonyl (C=O) groups is 2. The molecule has 72 valence electrons. The number of hydrogen-bond acceptors (Lipinski definition) is 3. The number of ether oxygens (including phenoxy) is 1. The van der Waals surface area contributed by atoms with Crippen molar-refractivity contribution in [2.24, 2.45) is 5.92 Å². The van der Waals surface area contributed by atoms with Gasteiger partial charge in [0.25, 0.3) is 0 Å². The zero-order valence-corrected chi connectivity index (χ0v) is 8.03. The van der Waals surface area contributed by atoms with Gasteiger partial charge < -0.3 is 4.74 Å². The van der Waals surface area contributed by atoms with Crippen molar-refractivity contribution in [3.05, 3.63) is 11.8 Å². The van der Waals surface area contributed by atoms with Gasteiger partial charge in [-0.1, -0.05) is 6.92 Å². The second-order valence-corrected chi connectivity index (χ2v) is 3.17. The van der Waals surface area contributed by atoms with Gasteiger partial charge in [0.05, 0.1) is 7.11 Å². The van der Waals surface area contributed by atoms with E-state index in [1.165, 1.54) is 18.1 Å². The monoisotopic (exact) mass is 183 g/mol. The molecule has 0 fully saturated rings. The first-order chi connectivity index (χ1) is 6.06. The first kappa shape index (κ1) is 9.77. The highest BCUT2D eigenvalue weighted by molar-refractivity contribution is 5.94. The molecule has 13 heavy (non-hydrogen) atoms.